The molecule has 3 aromatic rings. The van der Waals surface area contributed by atoms with Gasteiger partial charge in [-0.2, -0.15) is 0 Å². The number of hydrogen-bond donors (Lipinski definition) is 2. The van der Waals surface area contributed by atoms with Crippen LogP contribution >= 0.6 is 0 Å². The molecule has 0 unspecified atom stereocenters. The van der Waals surface area contributed by atoms with Gasteiger partial charge in [0.25, 0.3) is 0 Å². The molecule has 2 aromatic heterocycles. The molecule has 0 aliphatic carbocycles. The minimum Gasteiger partial charge on any atom is -0.508 e. The largest absolute Gasteiger partial charge is 0.508 e. The van der Waals surface area contributed by atoms with Crippen molar-refractivity contribution in [1.82, 2.24) is 0 Å². The molecule has 0 aliphatic heterocycles. The Kier molecular flexibility index (Phi) is 5.08. The predicted molar refractivity (Wildman–Crippen MR) is 95.4 cm³/mol. The number of carbonyl (C=O) groups is 2. The molecule has 2 heterocycles. The normalized spacial score (nSPS) is 10.8. The monoisotopic (exact) mass is 388 g/mol. The third kappa shape index (κ3) is 3.29. The number of phenolic OH excluding ortho intramolecular Hbond substituents is 2. The topological polar surface area (TPSA) is 136 Å². The number of carbonyl (C=O) groups excluding carboxylic acids is 2. The molecule has 2 N–H and O–H groups in total. The first-order valence-corrected chi connectivity index (χ1v) is 8.34. The summed E-state index contributed by atoms with van der Waals surface area (Å²) in [6.45, 7) is 3.33. The van der Waals surface area contributed by atoms with Gasteiger partial charge in [-0.3, -0.25) is 4.79 Å². The van der Waals surface area contributed by atoms with Crippen molar-refractivity contribution in [2.45, 2.75) is 13.8 Å². The summed E-state index contributed by atoms with van der Waals surface area (Å²) in [5.41, 5.74) is -1.35. The van der Waals surface area contributed by atoms with Crippen LogP contribution in [0.4, 0.5) is 0 Å². The summed E-state index contributed by atoms with van der Waals surface area (Å²) in [4.78, 5) is 37.2. The van der Waals surface area contributed by atoms with Crippen molar-refractivity contribution < 1.29 is 38.1 Å². The molecule has 0 atom stereocenters. The smallest absolute Gasteiger partial charge is 0.375 e. The number of esters is 2. The zero-order valence-corrected chi connectivity index (χ0v) is 15.0. The predicted octanol–water partition coefficient (Wildman–Crippen LogP) is 2.82. The number of furan rings is 1. The van der Waals surface area contributed by atoms with Crippen LogP contribution < -0.4 is 5.43 Å². The number of phenols is 2. The molecule has 3 rings (SSSR count). The second-order valence-electron chi connectivity index (χ2n) is 5.58. The molecule has 146 valence electrons. The molecule has 28 heavy (non-hydrogen) atoms. The summed E-state index contributed by atoms with van der Waals surface area (Å²) < 4.78 is 20.6. The number of hydrogen-bond acceptors (Lipinski definition) is 9. The van der Waals surface area contributed by atoms with E-state index in [0.29, 0.717) is 0 Å². The highest BCUT2D eigenvalue weighted by Crippen LogP contribution is 2.33. The van der Waals surface area contributed by atoms with Crippen LogP contribution in [0.25, 0.3) is 22.3 Å². The standard InChI is InChI=1S/C19H16O9/c1-3-25-18(23)12-6-5-11(27-12)15-16(22)14-10(21)7-9(20)8-13(14)28-17(15)19(24)26-4-2/h5-8,20-21H,3-4H2,1-2H3. The van der Waals surface area contributed by atoms with Crippen LogP contribution in [-0.4, -0.2) is 35.4 Å². The molecule has 0 saturated heterocycles. The third-order valence-corrected chi connectivity index (χ3v) is 3.75. The van der Waals surface area contributed by atoms with E-state index in [2.05, 4.69) is 0 Å². The molecule has 0 fully saturated rings. The van der Waals surface area contributed by atoms with E-state index in [1.807, 2.05) is 0 Å². The Balaban J connectivity index is 2.29. The van der Waals surface area contributed by atoms with Crippen molar-refractivity contribution in [2.75, 3.05) is 13.2 Å². The van der Waals surface area contributed by atoms with E-state index < -0.39 is 28.9 Å². The molecular formula is C19H16O9. The molecule has 0 radical (unpaired) electrons. The molecule has 1 aromatic carbocycles. The van der Waals surface area contributed by atoms with Gasteiger partial charge < -0.3 is 28.5 Å². The average molecular weight is 388 g/mol. The third-order valence-electron chi connectivity index (χ3n) is 3.75. The summed E-state index contributed by atoms with van der Waals surface area (Å²) in [6.07, 6.45) is 0. The molecule has 0 amide bonds. The molecule has 0 saturated carbocycles. The first-order valence-electron chi connectivity index (χ1n) is 8.34. The minimum atomic E-state index is -0.951. The van der Waals surface area contributed by atoms with Gasteiger partial charge in [0.05, 0.1) is 13.2 Å². The lowest BCUT2D eigenvalue weighted by molar-refractivity contribution is 0.0486. The van der Waals surface area contributed by atoms with Crippen LogP contribution in [0.3, 0.4) is 0 Å². The molecule has 0 aliphatic rings. The Morgan fingerprint density at radius 3 is 2.36 bits per heavy atom. The van der Waals surface area contributed by atoms with E-state index in [1.165, 1.54) is 12.1 Å². The molecule has 9 nitrogen and oxygen atoms in total. The maximum Gasteiger partial charge on any atom is 0.375 e. The van der Waals surface area contributed by atoms with E-state index >= 15 is 0 Å². The second kappa shape index (κ2) is 7.47. The lowest BCUT2D eigenvalue weighted by Gasteiger charge is -2.09. The highest BCUT2D eigenvalue weighted by molar-refractivity contribution is 5.98. The van der Waals surface area contributed by atoms with Gasteiger partial charge in [-0.05, 0) is 26.0 Å². The van der Waals surface area contributed by atoms with Gasteiger partial charge in [0, 0.05) is 12.1 Å². The van der Waals surface area contributed by atoms with Gasteiger partial charge in [0.1, 0.15) is 33.8 Å². The summed E-state index contributed by atoms with van der Waals surface area (Å²) in [7, 11) is 0. The Labute approximate surface area is 157 Å². The summed E-state index contributed by atoms with van der Waals surface area (Å²) in [5, 5.41) is 19.4. The van der Waals surface area contributed by atoms with Gasteiger partial charge in [0.15, 0.2) is 0 Å². The zero-order valence-electron chi connectivity index (χ0n) is 15.0. The Morgan fingerprint density at radius 1 is 1.00 bits per heavy atom. The van der Waals surface area contributed by atoms with E-state index in [4.69, 9.17) is 18.3 Å². The van der Waals surface area contributed by atoms with Gasteiger partial charge in [-0.25, -0.2) is 9.59 Å². The fourth-order valence-corrected chi connectivity index (χ4v) is 2.63. The number of ether oxygens (including phenoxy) is 2. The van der Waals surface area contributed by atoms with Crippen LogP contribution in [0.15, 0.2) is 37.9 Å². The lowest BCUT2D eigenvalue weighted by atomic mass is 10.1. The minimum absolute atomic E-state index is 0.0114. The van der Waals surface area contributed by atoms with Gasteiger partial charge in [-0.15, -0.1) is 0 Å². The second-order valence-corrected chi connectivity index (χ2v) is 5.58. The van der Waals surface area contributed by atoms with Crippen molar-refractivity contribution in [2.24, 2.45) is 0 Å². The molecular weight excluding hydrogens is 372 g/mol. The molecule has 0 spiro atoms. The first kappa shape index (κ1) is 19.0. The molecule has 9 heteroatoms. The zero-order chi connectivity index (χ0) is 20.4. The van der Waals surface area contributed by atoms with E-state index in [-0.39, 0.29) is 47.0 Å². The Bertz CT molecular complexity index is 1120. The van der Waals surface area contributed by atoms with Crippen LogP contribution in [0.1, 0.15) is 35.0 Å². The first-order chi connectivity index (χ1) is 13.4. The average Bonchev–Trinajstić information content (AvgIpc) is 3.10. The number of rotatable bonds is 5. The van der Waals surface area contributed by atoms with Crippen LogP contribution in [0, 0.1) is 0 Å². The quantitative estimate of drug-likeness (QED) is 0.632. The van der Waals surface area contributed by atoms with Gasteiger partial charge in [-0.1, -0.05) is 0 Å². The van der Waals surface area contributed by atoms with E-state index in [9.17, 15) is 24.6 Å². The number of benzene rings is 1. The van der Waals surface area contributed by atoms with Crippen molar-refractivity contribution in [3.8, 4) is 22.8 Å². The van der Waals surface area contributed by atoms with Crippen LogP contribution in [0.2, 0.25) is 0 Å². The summed E-state index contributed by atoms with van der Waals surface area (Å²) >= 11 is 0. The fraction of sp³-hybridized carbons (Fsp3) is 0.211. The maximum absolute atomic E-state index is 13.0. The Hall–Kier alpha value is -3.75. The van der Waals surface area contributed by atoms with Crippen LogP contribution in [0.5, 0.6) is 11.5 Å². The number of fused-ring (bicyclic) bond motifs is 1. The van der Waals surface area contributed by atoms with E-state index in [1.54, 1.807) is 13.8 Å². The van der Waals surface area contributed by atoms with Crippen LogP contribution in [-0.2, 0) is 9.47 Å². The SMILES string of the molecule is CCOC(=O)c1ccc(-c2c(C(=O)OCC)oc3cc(O)cc(O)c3c2=O)o1. The Morgan fingerprint density at radius 2 is 1.68 bits per heavy atom. The lowest BCUT2D eigenvalue weighted by Crippen LogP contribution is -2.15. The number of aromatic hydroxyl groups is 2. The highest BCUT2D eigenvalue weighted by atomic mass is 16.5. The highest BCUT2D eigenvalue weighted by Gasteiger charge is 2.27. The summed E-state index contributed by atoms with van der Waals surface area (Å²) in [6, 6.07) is 4.61. The van der Waals surface area contributed by atoms with Gasteiger partial charge >= 0.3 is 11.9 Å². The summed E-state index contributed by atoms with van der Waals surface area (Å²) in [5.74, 6) is -3.42. The van der Waals surface area contributed by atoms with Crippen molar-refractivity contribution in [1.29, 1.82) is 0 Å². The maximum atomic E-state index is 13.0. The van der Waals surface area contributed by atoms with Crippen molar-refractivity contribution in [3.63, 3.8) is 0 Å². The van der Waals surface area contributed by atoms with Gasteiger partial charge in [0.2, 0.25) is 16.9 Å². The molecule has 0 bridgehead atoms. The van der Waals surface area contributed by atoms with Crippen molar-refractivity contribution in [3.05, 3.63) is 46.0 Å². The van der Waals surface area contributed by atoms with Crippen molar-refractivity contribution >= 4 is 22.9 Å². The van der Waals surface area contributed by atoms with E-state index in [0.717, 1.165) is 12.1 Å². The fourth-order valence-electron chi connectivity index (χ4n) is 2.63.